The number of aryl methyl sites for hydroxylation is 1. The Hall–Kier alpha value is -3.49. The first-order valence-corrected chi connectivity index (χ1v) is 8.98. The van der Waals surface area contributed by atoms with E-state index in [1.807, 2.05) is 13.2 Å². The third-order valence-electron chi connectivity index (χ3n) is 4.89. The zero-order valence-corrected chi connectivity index (χ0v) is 15.4. The van der Waals surface area contributed by atoms with E-state index in [2.05, 4.69) is 29.9 Å². The van der Waals surface area contributed by atoms with Gasteiger partial charge in [-0.15, -0.1) is 0 Å². The molecule has 0 bridgehead atoms. The van der Waals surface area contributed by atoms with Crippen molar-refractivity contribution in [3.05, 3.63) is 47.1 Å². The first-order valence-electron chi connectivity index (χ1n) is 8.98. The van der Waals surface area contributed by atoms with Gasteiger partial charge in [-0.05, 0) is 12.8 Å². The van der Waals surface area contributed by atoms with Gasteiger partial charge in [0.05, 0.1) is 24.8 Å². The average Bonchev–Trinajstić information content (AvgIpc) is 3.47. The van der Waals surface area contributed by atoms with Crippen LogP contribution in [0.3, 0.4) is 0 Å². The second kappa shape index (κ2) is 6.29. The molecule has 1 unspecified atom stereocenters. The van der Waals surface area contributed by atoms with E-state index in [1.54, 1.807) is 30.3 Å². The fourth-order valence-corrected chi connectivity index (χ4v) is 3.35. The van der Waals surface area contributed by atoms with E-state index in [-0.39, 0.29) is 5.91 Å². The maximum Gasteiger partial charge on any atom is 0.260 e. The highest BCUT2D eigenvalue weighted by Gasteiger charge is 2.31. The topological polar surface area (TPSA) is 108 Å². The molecule has 9 nitrogen and oxygen atoms in total. The summed E-state index contributed by atoms with van der Waals surface area (Å²) in [6.07, 6.45) is 10.6. The second-order valence-corrected chi connectivity index (χ2v) is 6.95. The van der Waals surface area contributed by atoms with E-state index < -0.39 is 5.92 Å². The highest BCUT2D eigenvalue weighted by atomic mass is 16.5. The molecule has 140 valence electrons. The smallest absolute Gasteiger partial charge is 0.260 e. The molecule has 4 heterocycles. The monoisotopic (exact) mass is 375 g/mol. The number of ether oxygens (including phenoxy) is 1. The summed E-state index contributed by atoms with van der Waals surface area (Å²) in [6.45, 7) is 0. The van der Waals surface area contributed by atoms with Crippen LogP contribution >= 0.6 is 0 Å². The molecule has 1 fully saturated rings. The van der Waals surface area contributed by atoms with E-state index in [4.69, 9.17) is 4.74 Å². The Bertz CT molecular complexity index is 1210. The molecular weight excluding hydrogens is 358 g/mol. The summed E-state index contributed by atoms with van der Waals surface area (Å²) in [7, 11) is 3.41. The molecule has 2 aliphatic rings. The number of hydrogen-bond acceptors (Lipinski definition) is 7. The van der Waals surface area contributed by atoms with Gasteiger partial charge in [-0.1, -0.05) is 6.08 Å². The Morgan fingerprint density at radius 1 is 1.18 bits per heavy atom. The quantitative estimate of drug-likeness (QED) is 0.644. The summed E-state index contributed by atoms with van der Waals surface area (Å²) >= 11 is 0. The van der Waals surface area contributed by atoms with Gasteiger partial charge in [-0.3, -0.25) is 4.79 Å². The highest BCUT2D eigenvalue weighted by molar-refractivity contribution is 5.91. The van der Waals surface area contributed by atoms with Gasteiger partial charge >= 0.3 is 0 Å². The Labute approximate surface area is 159 Å². The van der Waals surface area contributed by atoms with Crippen LogP contribution in [0.4, 0.5) is 0 Å². The fourth-order valence-electron chi connectivity index (χ4n) is 3.35. The summed E-state index contributed by atoms with van der Waals surface area (Å²) in [4.78, 5) is 38.7. The van der Waals surface area contributed by atoms with E-state index in [0.29, 0.717) is 39.6 Å². The molecule has 0 spiro atoms. The molecule has 1 aliphatic carbocycles. The molecule has 1 atom stereocenters. The first-order chi connectivity index (χ1) is 13.6. The normalized spacial score (nSPS) is 18.2. The predicted octanol–water partition coefficient (Wildman–Crippen LogP) is 0.277. The number of imidazole rings is 1. The lowest BCUT2D eigenvalue weighted by Crippen LogP contribution is -2.36. The SMILES string of the molecule is COc1ncnc(C2CC2)c1-c1ncc2c(n1)=NC(=O)C(c1cn(C)cn1)C=2. The number of hydrogen-bond donors (Lipinski definition) is 0. The van der Waals surface area contributed by atoms with Gasteiger partial charge in [0.25, 0.3) is 5.91 Å². The maximum atomic E-state index is 12.6. The zero-order valence-electron chi connectivity index (χ0n) is 15.4. The standard InChI is InChI=1S/C19H17N7O2/c1-26-7-13(23-9-26)12-5-11-6-20-17(24-16(11)25-18(12)27)14-15(10-3-4-10)21-8-22-19(14)28-2/h5-10,12H,3-4H2,1-2H3. The maximum absolute atomic E-state index is 12.6. The van der Waals surface area contributed by atoms with Crippen LogP contribution in [0, 0.1) is 0 Å². The lowest BCUT2D eigenvalue weighted by Gasteiger charge is -2.12. The summed E-state index contributed by atoms with van der Waals surface area (Å²) in [5, 5.41) is 0.697. The van der Waals surface area contributed by atoms with Crippen molar-refractivity contribution in [1.29, 1.82) is 0 Å². The molecule has 0 radical (unpaired) electrons. The Balaban J connectivity index is 1.63. The van der Waals surface area contributed by atoms with E-state index in [1.165, 1.54) is 6.33 Å². The molecular formula is C19H17N7O2. The number of methoxy groups -OCH3 is 1. The van der Waals surface area contributed by atoms with Crippen LogP contribution in [0.25, 0.3) is 17.5 Å². The molecule has 1 aliphatic heterocycles. The lowest BCUT2D eigenvalue weighted by atomic mass is 10.0. The third kappa shape index (κ3) is 2.75. The van der Waals surface area contributed by atoms with E-state index in [0.717, 1.165) is 18.5 Å². The summed E-state index contributed by atoms with van der Waals surface area (Å²) in [5.41, 5.74) is 2.55. The minimum absolute atomic E-state index is 0.297. The molecule has 0 N–H and O–H groups in total. The van der Waals surface area contributed by atoms with Crippen LogP contribution in [0.15, 0.2) is 30.0 Å². The molecule has 28 heavy (non-hydrogen) atoms. The van der Waals surface area contributed by atoms with Gasteiger partial charge in [0, 0.05) is 30.6 Å². The Morgan fingerprint density at radius 2 is 2.04 bits per heavy atom. The lowest BCUT2D eigenvalue weighted by molar-refractivity contribution is -0.118. The van der Waals surface area contributed by atoms with Crippen molar-refractivity contribution in [2.75, 3.05) is 7.11 Å². The van der Waals surface area contributed by atoms with Gasteiger partial charge in [0.2, 0.25) is 5.88 Å². The second-order valence-electron chi connectivity index (χ2n) is 6.95. The van der Waals surface area contributed by atoms with Crippen molar-refractivity contribution >= 4 is 12.0 Å². The van der Waals surface area contributed by atoms with Crippen LogP contribution in [0.1, 0.15) is 36.1 Å². The third-order valence-corrected chi connectivity index (χ3v) is 4.89. The number of nitrogens with zero attached hydrogens (tertiary/aromatic N) is 7. The number of rotatable bonds is 4. The van der Waals surface area contributed by atoms with Crippen LogP contribution in [0.5, 0.6) is 5.88 Å². The van der Waals surface area contributed by atoms with Gasteiger partial charge in [-0.2, -0.15) is 4.99 Å². The molecule has 1 amide bonds. The minimum atomic E-state index is -0.528. The van der Waals surface area contributed by atoms with Gasteiger partial charge in [0.15, 0.2) is 11.3 Å². The van der Waals surface area contributed by atoms with Crippen molar-refractivity contribution in [2.45, 2.75) is 24.7 Å². The van der Waals surface area contributed by atoms with Crippen molar-refractivity contribution in [1.82, 2.24) is 29.5 Å². The fraction of sp³-hybridized carbons (Fsp3) is 0.316. The summed E-state index contributed by atoms with van der Waals surface area (Å²) < 4.78 is 7.21. The molecule has 3 aromatic rings. The van der Waals surface area contributed by atoms with Crippen molar-refractivity contribution in [3.8, 4) is 17.3 Å². The number of carbonyl (C=O) groups is 1. The molecule has 3 aromatic heterocycles. The van der Waals surface area contributed by atoms with Gasteiger partial charge < -0.3 is 9.30 Å². The van der Waals surface area contributed by atoms with Crippen molar-refractivity contribution in [2.24, 2.45) is 12.0 Å². The zero-order chi connectivity index (χ0) is 19.3. The Kier molecular flexibility index (Phi) is 3.75. The van der Waals surface area contributed by atoms with E-state index in [9.17, 15) is 4.79 Å². The van der Waals surface area contributed by atoms with Gasteiger partial charge in [0.1, 0.15) is 17.8 Å². The number of carbonyl (C=O) groups excluding carboxylic acids is 1. The van der Waals surface area contributed by atoms with E-state index >= 15 is 0 Å². The number of aromatic nitrogens is 6. The Morgan fingerprint density at radius 3 is 2.75 bits per heavy atom. The predicted molar refractivity (Wildman–Crippen MR) is 97.8 cm³/mol. The highest BCUT2D eigenvalue weighted by Crippen LogP contribution is 2.44. The summed E-state index contributed by atoms with van der Waals surface area (Å²) in [5.74, 6) is 0.383. The van der Waals surface area contributed by atoms with Gasteiger partial charge in [-0.25, -0.2) is 24.9 Å². The van der Waals surface area contributed by atoms with Crippen LogP contribution in [0.2, 0.25) is 0 Å². The minimum Gasteiger partial charge on any atom is -0.480 e. The van der Waals surface area contributed by atoms with Crippen LogP contribution in [-0.4, -0.2) is 42.5 Å². The average molecular weight is 375 g/mol. The summed E-state index contributed by atoms with van der Waals surface area (Å²) in [6, 6.07) is 0. The molecule has 5 rings (SSSR count). The van der Waals surface area contributed by atoms with Crippen molar-refractivity contribution < 1.29 is 9.53 Å². The van der Waals surface area contributed by atoms with Crippen LogP contribution in [-0.2, 0) is 11.8 Å². The first kappa shape index (κ1) is 16.7. The molecule has 1 saturated carbocycles. The largest absolute Gasteiger partial charge is 0.480 e. The van der Waals surface area contributed by atoms with Crippen molar-refractivity contribution in [3.63, 3.8) is 0 Å². The number of fused-ring (bicyclic) bond motifs is 1. The van der Waals surface area contributed by atoms with Crippen LogP contribution < -0.4 is 15.4 Å². The molecule has 9 heteroatoms. The number of amides is 1. The molecule has 0 saturated heterocycles. The molecule has 0 aromatic carbocycles.